The Morgan fingerprint density at radius 2 is 2.00 bits per heavy atom. The third-order valence-corrected chi connectivity index (χ3v) is 5.15. The number of hydrogen-bond donors (Lipinski definition) is 1. The molecule has 1 saturated heterocycles. The van der Waals surface area contributed by atoms with Crippen LogP contribution in [0.15, 0.2) is 29.2 Å². The summed E-state index contributed by atoms with van der Waals surface area (Å²) in [5.74, 6) is 0.310. The van der Waals surface area contributed by atoms with Crippen LogP contribution in [0.3, 0.4) is 0 Å². The lowest BCUT2D eigenvalue weighted by Gasteiger charge is -2.18. The summed E-state index contributed by atoms with van der Waals surface area (Å²) < 4.78 is 47.5. The van der Waals surface area contributed by atoms with Gasteiger partial charge >= 0.3 is 6.18 Å². The molecule has 1 aliphatic heterocycles. The minimum absolute atomic E-state index is 0.0295. The highest BCUT2D eigenvalue weighted by molar-refractivity contribution is 5.74. The van der Waals surface area contributed by atoms with Crippen molar-refractivity contribution in [2.45, 2.75) is 24.9 Å². The van der Waals surface area contributed by atoms with Crippen LogP contribution in [-0.4, -0.2) is 46.1 Å². The maximum atomic E-state index is 13.7. The summed E-state index contributed by atoms with van der Waals surface area (Å²) in [6, 6.07) is 4.25. The van der Waals surface area contributed by atoms with Crippen molar-refractivity contribution in [3.8, 4) is 5.69 Å². The van der Waals surface area contributed by atoms with Gasteiger partial charge in [-0.2, -0.15) is 18.2 Å². The molecule has 3 heterocycles. The monoisotopic (exact) mass is 421 g/mol. The summed E-state index contributed by atoms with van der Waals surface area (Å²) in [4.78, 5) is 24.9. The van der Waals surface area contributed by atoms with Crippen LogP contribution in [0, 0.1) is 0 Å². The van der Waals surface area contributed by atoms with E-state index in [1.807, 2.05) is 0 Å². The van der Waals surface area contributed by atoms with E-state index in [-0.39, 0.29) is 28.6 Å². The van der Waals surface area contributed by atoms with Crippen molar-refractivity contribution >= 4 is 17.0 Å². The van der Waals surface area contributed by atoms with Crippen LogP contribution < -0.4 is 10.6 Å². The van der Waals surface area contributed by atoms with Crippen molar-refractivity contribution in [3.63, 3.8) is 0 Å². The van der Waals surface area contributed by atoms with E-state index >= 15 is 0 Å². The summed E-state index contributed by atoms with van der Waals surface area (Å²) >= 11 is 0. The van der Waals surface area contributed by atoms with Gasteiger partial charge < -0.3 is 4.74 Å². The molecule has 0 radical (unpaired) electrons. The maximum Gasteiger partial charge on any atom is 0.418 e. The zero-order valence-electron chi connectivity index (χ0n) is 15.8. The molecule has 0 spiro atoms. The molecule has 0 atom stereocenters. The van der Waals surface area contributed by atoms with Gasteiger partial charge in [-0.1, -0.05) is 6.07 Å². The van der Waals surface area contributed by atoms with Crippen LogP contribution in [0.2, 0.25) is 0 Å². The first-order valence-corrected chi connectivity index (χ1v) is 9.59. The Hall–Kier alpha value is -2.92. The van der Waals surface area contributed by atoms with Crippen molar-refractivity contribution in [2.75, 3.05) is 31.4 Å². The van der Waals surface area contributed by atoms with E-state index in [4.69, 9.17) is 9.57 Å². The molecule has 30 heavy (non-hydrogen) atoms. The largest absolute Gasteiger partial charge is 0.418 e. The molecule has 2 aromatic heterocycles. The van der Waals surface area contributed by atoms with Gasteiger partial charge in [-0.05, 0) is 36.5 Å². The van der Waals surface area contributed by atoms with Crippen molar-refractivity contribution < 1.29 is 22.7 Å². The van der Waals surface area contributed by atoms with Gasteiger partial charge in [0.05, 0.1) is 37.6 Å². The first-order chi connectivity index (χ1) is 14.4. The zero-order valence-corrected chi connectivity index (χ0v) is 15.8. The van der Waals surface area contributed by atoms with Crippen LogP contribution >= 0.6 is 0 Å². The van der Waals surface area contributed by atoms with Crippen LogP contribution in [-0.2, 0) is 15.8 Å². The van der Waals surface area contributed by atoms with E-state index in [1.165, 1.54) is 23.4 Å². The topological polar surface area (TPSA) is 85.3 Å². The minimum Gasteiger partial charge on any atom is -0.377 e. The van der Waals surface area contributed by atoms with Gasteiger partial charge in [-0.3, -0.25) is 14.6 Å². The summed E-state index contributed by atoms with van der Waals surface area (Å²) in [5.41, 5.74) is -0.753. The molecular formula is C19H18F3N5O3. The van der Waals surface area contributed by atoms with Gasteiger partial charge in [0, 0.05) is 6.20 Å². The maximum absolute atomic E-state index is 13.7. The molecule has 8 nitrogen and oxygen atoms in total. The summed E-state index contributed by atoms with van der Waals surface area (Å²) in [6.45, 7) is 1.43. The summed E-state index contributed by atoms with van der Waals surface area (Å²) in [6.07, 6.45) is -1.50. The number of H-pyrrole nitrogens is 1. The zero-order chi connectivity index (χ0) is 20.9. The van der Waals surface area contributed by atoms with E-state index in [9.17, 15) is 18.0 Å². The normalized spacial score (nSPS) is 18.0. The summed E-state index contributed by atoms with van der Waals surface area (Å²) in [7, 11) is 0. The van der Waals surface area contributed by atoms with Gasteiger partial charge in [0.25, 0.3) is 5.56 Å². The fraction of sp³-hybridized carbons (Fsp3) is 0.421. The van der Waals surface area contributed by atoms with Gasteiger partial charge in [-0.25, -0.2) is 9.75 Å². The van der Waals surface area contributed by atoms with Crippen molar-refractivity contribution in [1.29, 1.82) is 0 Å². The second kappa shape index (κ2) is 7.10. The van der Waals surface area contributed by atoms with Crippen LogP contribution in [0.1, 0.15) is 29.9 Å². The molecule has 1 aromatic carbocycles. The molecule has 1 N–H and O–H groups in total. The molecule has 11 heteroatoms. The Morgan fingerprint density at radius 3 is 2.77 bits per heavy atom. The molecule has 3 aromatic rings. The number of hydrogen-bond acceptors (Lipinski definition) is 6. The molecule has 0 bridgehead atoms. The molecule has 2 aliphatic rings. The minimum atomic E-state index is -4.55. The Balaban J connectivity index is 1.58. The number of halogens is 3. The number of benzene rings is 1. The number of rotatable bonds is 3. The average Bonchev–Trinajstić information content (AvgIpc) is 3.51. The van der Waals surface area contributed by atoms with Crippen LogP contribution in [0.25, 0.3) is 16.7 Å². The average molecular weight is 421 g/mol. The van der Waals surface area contributed by atoms with E-state index in [2.05, 4.69) is 15.1 Å². The Bertz CT molecular complexity index is 1140. The fourth-order valence-corrected chi connectivity index (χ4v) is 3.48. The van der Waals surface area contributed by atoms with E-state index < -0.39 is 17.3 Å². The molecule has 0 unspecified atom stereocenters. The number of anilines is 1. The molecule has 1 aliphatic carbocycles. The predicted octanol–water partition coefficient (Wildman–Crippen LogP) is 2.77. The number of nitrogens with zero attached hydrogens (tertiary/aromatic N) is 4. The standard InChI is InChI=1S/C19H18F3N5O3/c20-19(21,22)14-9-12(11-1-2-11)3-4-15(14)26-10-13-16(25-26)23-18(24-17(13)28)27-5-6-29-7-8-30-27/h3-4,9-11H,1-2,5-8H2,(H,23,24,25,28). The second-order valence-corrected chi connectivity index (χ2v) is 7.30. The molecule has 5 rings (SSSR count). The number of fused-ring (bicyclic) bond motifs is 1. The Kier molecular flexibility index (Phi) is 4.51. The molecule has 1 saturated carbocycles. The third-order valence-electron chi connectivity index (χ3n) is 5.15. The molecule has 2 fully saturated rings. The van der Waals surface area contributed by atoms with Crippen molar-refractivity contribution in [3.05, 3.63) is 45.9 Å². The lowest BCUT2D eigenvalue weighted by molar-refractivity contribution is -0.137. The highest BCUT2D eigenvalue weighted by Gasteiger charge is 2.36. The second-order valence-electron chi connectivity index (χ2n) is 7.30. The van der Waals surface area contributed by atoms with Gasteiger partial charge in [0.1, 0.15) is 5.39 Å². The SMILES string of the molecule is O=c1[nH]c(N2CCOCCO2)nc2nn(-c3ccc(C4CC4)cc3C(F)(F)F)cc12. The van der Waals surface area contributed by atoms with Gasteiger partial charge in [0.15, 0.2) is 5.65 Å². The van der Waals surface area contributed by atoms with Crippen LogP contribution in [0.5, 0.6) is 0 Å². The predicted molar refractivity (Wildman–Crippen MR) is 101 cm³/mol. The first-order valence-electron chi connectivity index (χ1n) is 9.59. The Morgan fingerprint density at radius 1 is 1.17 bits per heavy atom. The van der Waals surface area contributed by atoms with E-state index in [0.29, 0.717) is 31.9 Å². The number of alkyl halides is 3. The number of ether oxygens (including phenoxy) is 1. The highest BCUT2D eigenvalue weighted by atomic mass is 19.4. The lowest BCUT2D eigenvalue weighted by atomic mass is 10.0. The summed E-state index contributed by atoms with van der Waals surface area (Å²) in [5, 5.41) is 5.63. The number of aromatic nitrogens is 4. The quantitative estimate of drug-likeness (QED) is 0.700. The van der Waals surface area contributed by atoms with Crippen LogP contribution in [0.4, 0.5) is 19.1 Å². The number of hydroxylamine groups is 1. The molecule has 0 amide bonds. The first kappa shape index (κ1) is 19.1. The third kappa shape index (κ3) is 3.54. The smallest absolute Gasteiger partial charge is 0.377 e. The number of nitrogens with one attached hydrogen (secondary N) is 1. The molecular weight excluding hydrogens is 403 g/mol. The lowest BCUT2D eigenvalue weighted by Crippen LogP contribution is -2.29. The highest BCUT2D eigenvalue weighted by Crippen LogP contribution is 2.43. The van der Waals surface area contributed by atoms with Gasteiger partial charge in [0.2, 0.25) is 5.95 Å². The van der Waals surface area contributed by atoms with Crippen molar-refractivity contribution in [2.24, 2.45) is 0 Å². The fourth-order valence-electron chi connectivity index (χ4n) is 3.48. The van der Waals surface area contributed by atoms with E-state index in [1.54, 1.807) is 6.07 Å². The van der Waals surface area contributed by atoms with Crippen molar-refractivity contribution in [1.82, 2.24) is 19.7 Å². The Labute approximate surface area is 168 Å². The van der Waals surface area contributed by atoms with E-state index in [0.717, 1.165) is 17.5 Å². The molecule has 158 valence electrons. The number of aromatic amines is 1. The van der Waals surface area contributed by atoms with Gasteiger partial charge in [-0.15, -0.1) is 5.10 Å².